The first-order valence-electron chi connectivity index (χ1n) is 7.81. The molecule has 112 valence electrons. The van der Waals surface area contributed by atoms with E-state index < -0.39 is 0 Å². The summed E-state index contributed by atoms with van der Waals surface area (Å²) in [6.45, 7) is 10.9. The summed E-state index contributed by atoms with van der Waals surface area (Å²) in [5.74, 6) is 0.865. The first-order valence-corrected chi connectivity index (χ1v) is 7.81. The first-order chi connectivity index (χ1) is 9.83. The quantitative estimate of drug-likeness (QED) is 0.815. The predicted molar refractivity (Wildman–Crippen MR) is 83.1 cm³/mol. The van der Waals surface area contributed by atoms with Gasteiger partial charge in [0.25, 0.3) is 0 Å². The highest BCUT2D eigenvalue weighted by molar-refractivity contribution is 5.29. The maximum atomic E-state index is 4.33. The van der Waals surface area contributed by atoms with Gasteiger partial charge in [-0.05, 0) is 19.0 Å². The van der Waals surface area contributed by atoms with Crippen molar-refractivity contribution in [3.05, 3.63) is 18.5 Å². The van der Waals surface area contributed by atoms with Gasteiger partial charge in [0.2, 0.25) is 5.95 Å². The fourth-order valence-electron chi connectivity index (χ4n) is 2.79. The van der Waals surface area contributed by atoms with Gasteiger partial charge in [-0.25, -0.2) is 9.97 Å². The lowest BCUT2D eigenvalue weighted by molar-refractivity contribution is 0.224. The van der Waals surface area contributed by atoms with E-state index in [1.165, 1.54) is 12.8 Å². The molecule has 0 aliphatic carbocycles. The highest BCUT2D eigenvalue weighted by Gasteiger charge is 2.20. The fraction of sp³-hybridized carbons (Fsp3) is 0.733. The lowest BCUT2D eigenvalue weighted by Crippen LogP contribution is -2.51. The van der Waals surface area contributed by atoms with E-state index in [0.29, 0.717) is 6.04 Å². The standard InChI is InChI=1S/C15H27N5/c1-3-6-14(16-4-2)13-19-9-11-20(12-10-19)15-17-7-5-8-18-15/h5,7-8,14,16H,3-4,6,9-13H2,1-2H3. The van der Waals surface area contributed by atoms with Crippen LogP contribution in [0.4, 0.5) is 5.95 Å². The number of nitrogens with one attached hydrogen (secondary N) is 1. The van der Waals surface area contributed by atoms with Crippen LogP contribution in [0.15, 0.2) is 18.5 Å². The van der Waals surface area contributed by atoms with Crippen LogP contribution in [0.1, 0.15) is 26.7 Å². The molecule has 2 rings (SSSR count). The predicted octanol–water partition coefficient (Wildman–Crippen LogP) is 1.38. The molecule has 5 heteroatoms. The van der Waals surface area contributed by atoms with Crippen LogP contribution in [0.25, 0.3) is 0 Å². The number of hydrogen-bond acceptors (Lipinski definition) is 5. The second kappa shape index (κ2) is 8.17. The van der Waals surface area contributed by atoms with E-state index in [2.05, 4.69) is 38.9 Å². The lowest BCUT2D eigenvalue weighted by Gasteiger charge is -2.36. The van der Waals surface area contributed by atoms with Crippen LogP contribution in [0.2, 0.25) is 0 Å². The lowest BCUT2D eigenvalue weighted by atomic mass is 10.1. The van der Waals surface area contributed by atoms with Gasteiger partial charge in [-0.3, -0.25) is 4.90 Å². The number of aromatic nitrogens is 2. The van der Waals surface area contributed by atoms with Crippen molar-refractivity contribution in [2.24, 2.45) is 0 Å². The largest absolute Gasteiger partial charge is 0.338 e. The third-order valence-corrected chi connectivity index (χ3v) is 3.82. The van der Waals surface area contributed by atoms with Crippen LogP contribution in [-0.4, -0.2) is 60.2 Å². The second-order valence-electron chi connectivity index (χ2n) is 5.38. The monoisotopic (exact) mass is 277 g/mol. The van der Waals surface area contributed by atoms with E-state index >= 15 is 0 Å². The van der Waals surface area contributed by atoms with Crippen LogP contribution >= 0.6 is 0 Å². The Labute approximate surface area is 122 Å². The zero-order chi connectivity index (χ0) is 14.2. The van der Waals surface area contributed by atoms with Crippen LogP contribution in [0.5, 0.6) is 0 Å². The van der Waals surface area contributed by atoms with E-state index in [9.17, 15) is 0 Å². The van der Waals surface area contributed by atoms with Crippen LogP contribution in [0.3, 0.4) is 0 Å². The van der Waals surface area contributed by atoms with Gasteiger partial charge in [0.1, 0.15) is 0 Å². The van der Waals surface area contributed by atoms with Gasteiger partial charge < -0.3 is 10.2 Å². The van der Waals surface area contributed by atoms with Crippen molar-refractivity contribution in [3.63, 3.8) is 0 Å². The van der Waals surface area contributed by atoms with E-state index in [-0.39, 0.29) is 0 Å². The van der Waals surface area contributed by atoms with Crippen molar-refractivity contribution in [2.45, 2.75) is 32.7 Å². The Hall–Kier alpha value is -1.20. The molecular formula is C15H27N5. The third kappa shape index (κ3) is 4.42. The highest BCUT2D eigenvalue weighted by atomic mass is 15.3. The van der Waals surface area contributed by atoms with E-state index in [0.717, 1.165) is 45.2 Å². The van der Waals surface area contributed by atoms with Crippen LogP contribution in [-0.2, 0) is 0 Å². The van der Waals surface area contributed by atoms with Gasteiger partial charge in [-0.1, -0.05) is 20.3 Å². The van der Waals surface area contributed by atoms with Gasteiger partial charge in [-0.15, -0.1) is 0 Å². The van der Waals surface area contributed by atoms with Gasteiger partial charge in [-0.2, -0.15) is 0 Å². The van der Waals surface area contributed by atoms with Crippen LogP contribution < -0.4 is 10.2 Å². The summed E-state index contributed by atoms with van der Waals surface area (Å²) in [7, 11) is 0. The molecule has 1 atom stereocenters. The van der Waals surface area contributed by atoms with Gasteiger partial charge in [0.15, 0.2) is 0 Å². The maximum Gasteiger partial charge on any atom is 0.225 e. The summed E-state index contributed by atoms with van der Waals surface area (Å²) in [5, 5.41) is 3.59. The third-order valence-electron chi connectivity index (χ3n) is 3.82. The van der Waals surface area contributed by atoms with Crippen molar-refractivity contribution in [1.82, 2.24) is 20.2 Å². The molecule has 1 unspecified atom stereocenters. The van der Waals surface area contributed by atoms with Crippen molar-refractivity contribution in [1.29, 1.82) is 0 Å². The number of likely N-dealkylation sites (N-methyl/N-ethyl adjacent to an activating group) is 1. The summed E-state index contributed by atoms with van der Waals surface area (Å²) in [5.41, 5.74) is 0. The molecule has 1 fully saturated rings. The molecule has 20 heavy (non-hydrogen) atoms. The molecule has 0 spiro atoms. The van der Waals surface area contributed by atoms with Gasteiger partial charge in [0, 0.05) is 51.2 Å². The smallest absolute Gasteiger partial charge is 0.225 e. The van der Waals surface area contributed by atoms with Crippen molar-refractivity contribution in [3.8, 4) is 0 Å². The summed E-state index contributed by atoms with van der Waals surface area (Å²) < 4.78 is 0. The molecule has 0 radical (unpaired) electrons. The normalized spacial score (nSPS) is 18.2. The SMILES string of the molecule is CCCC(CN1CCN(c2ncccn2)CC1)NCC. The minimum absolute atomic E-state index is 0.629. The number of hydrogen-bond donors (Lipinski definition) is 1. The molecule has 1 aliphatic heterocycles. The Bertz CT molecular complexity index is 356. The highest BCUT2D eigenvalue weighted by Crippen LogP contribution is 2.10. The zero-order valence-corrected chi connectivity index (χ0v) is 12.8. The molecule has 5 nitrogen and oxygen atoms in total. The van der Waals surface area contributed by atoms with E-state index in [1.807, 2.05) is 18.5 Å². The molecule has 0 bridgehead atoms. The average Bonchev–Trinajstić information content (AvgIpc) is 2.49. The van der Waals surface area contributed by atoms with E-state index in [4.69, 9.17) is 0 Å². The second-order valence-corrected chi connectivity index (χ2v) is 5.38. The zero-order valence-electron chi connectivity index (χ0n) is 12.8. The summed E-state index contributed by atoms with van der Waals surface area (Å²) in [4.78, 5) is 13.5. The molecule has 1 N–H and O–H groups in total. The molecule has 0 aromatic carbocycles. The summed E-state index contributed by atoms with van der Waals surface area (Å²) in [6.07, 6.45) is 6.14. The average molecular weight is 277 g/mol. The Balaban J connectivity index is 1.79. The Morgan fingerprint density at radius 3 is 2.45 bits per heavy atom. The summed E-state index contributed by atoms with van der Waals surface area (Å²) >= 11 is 0. The first kappa shape index (κ1) is 15.2. The number of nitrogens with zero attached hydrogens (tertiary/aromatic N) is 4. The van der Waals surface area contributed by atoms with E-state index in [1.54, 1.807) is 0 Å². The minimum Gasteiger partial charge on any atom is -0.338 e. The van der Waals surface area contributed by atoms with Crippen molar-refractivity contribution < 1.29 is 0 Å². The van der Waals surface area contributed by atoms with Crippen molar-refractivity contribution in [2.75, 3.05) is 44.2 Å². The molecule has 0 amide bonds. The molecular weight excluding hydrogens is 250 g/mol. The Morgan fingerprint density at radius 2 is 1.85 bits per heavy atom. The van der Waals surface area contributed by atoms with Gasteiger partial charge >= 0.3 is 0 Å². The Kier molecular flexibility index (Phi) is 6.21. The van der Waals surface area contributed by atoms with Crippen molar-refractivity contribution >= 4 is 5.95 Å². The van der Waals surface area contributed by atoms with Gasteiger partial charge in [0.05, 0.1) is 0 Å². The fourth-order valence-corrected chi connectivity index (χ4v) is 2.79. The molecule has 2 heterocycles. The summed E-state index contributed by atoms with van der Waals surface area (Å²) in [6, 6.07) is 2.50. The number of piperazine rings is 1. The maximum absolute atomic E-state index is 4.33. The molecule has 1 aromatic heterocycles. The minimum atomic E-state index is 0.629. The molecule has 1 aliphatic rings. The topological polar surface area (TPSA) is 44.3 Å². The molecule has 1 saturated heterocycles. The van der Waals surface area contributed by atoms with Crippen LogP contribution in [0, 0.1) is 0 Å². The number of anilines is 1. The molecule has 0 saturated carbocycles. The number of rotatable bonds is 7. The Morgan fingerprint density at radius 1 is 1.15 bits per heavy atom. The molecule has 1 aromatic rings.